The number of pyridine rings is 1. The monoisotopic (exact) mass is 449 g/mol. The van der Waals surface area contributed by atoms with Crippen LogP contribution in [0.15, 0.2) is 54.7 Å². The van der Waals surface area contributed by atoms with Gasteiger partial charge in [0, 0.05) is 23.7 Å². The molecule has 0 spiro atoms. The number of halogens is 1. The van der Waals surface area contributed by atoms with Gasteiger partial charge in [-0.3, -0.25) is 9.78 Å². The Morgan fingerprint density at radius 1 is 1.15 bits per heavy atom. The van der Waals surface area contributed by atoms with Crippen LogP contribution in [0.3, 0.4) is 0 Å². The molecule has 6 heteroatoms. The van der Waals surface area contributed by atoms with Gasteiger partial charge in [0.1, 0.15) is 23.4 Å². The number of hydrogen-bond acceptors (Lipinski definition) is 4. The van der Waals surface area contributed by atoms with Gasteiger partial charge in [0.05, 0.1) is 12.8 Å². The minimum absolute atomic E-state index is 0.0917. The molecule has 0 amide bonds. The lowest BCUT2D eigenvalue weighted by molar-refractivity contribution is -0.136. The van der Waals surface area contributed by atoms with E-state index in [2.05, 4.69) is 4.98 Å². The van der Waals surface area contributed by atoms with Gasteiger partial charge in [-0.1, -0.05) is 37.5 Å². The van der Waals surface area contributed by atoms with Gasteiger partial charge in [-0.2, -0.15) is 0 Å². The zero-order valence-corrected chi connectivity index (χ0v) is 18.7. The Hall–Kier alpha value is -3.41. The molecule has 3 aromatic rings. The lowest BCUT2D eigenvalue weighted by Gasteiger charge is -2.27. The highest BCUT2D eigenvalue weighted by molar-refractivity contribution is 5.67. The van der Waals surface area contributed by atoms with E-state index < -0.39 is 5.97 Å². The molecule has 0 saturated heterocycles. The number of methoxy groups -OCH3 is 1. The number of carbonyl (C=O) groups is 1. The van der Waals surface area contributed by atoms with Crippen LogP contribution in [0.1, 0.15) is 54.9 Å². The van der Waals surface area contributed by atoms with Gasteiger partial charge in [-0.05, 0) is 60.7 Å². The third kappa shape index (κ3) is 6.09. The van der Waals surface area contributed by atoms with Gasteiger partial charge in [0.2, 0.25) is 0 Å². The summed E-state index contributed by atoms with van der Waals surface area (Å²) in [6.45, 7) is 0. The maximum Gasteiger partial charge on any atom is 0.303 e. The molecular formula is C27H28FNO4. The zero-order chi connectivity index (χ0) is 23.2. The largest absolute Gasteiger partial charge is 0.497 e. The molecule has 172 valence electrons. The molecule has 1 fully saturated rings. The summed E-state index contributed by atoms with van der Waals surface area (Å²) >= 11 is 0. The molecule has 1 aliphatic carbocycles. The van der Waals surface area contributed by atoms with Crippen molar-refractivity contribution in [1.29, 1.82) is 0 Å². The van der Waals surface area contributed by atoms with Crippen LogP contribution in [0, 0.1) is 5.82 Å². The Kier molecular flexibility index (Phi) is 7.23. The first-order valence-corrected chi connectivity index (χ1v) is 11.3. The fraction of sp³-hybridized carbons (Fsp3) is 0.333. The van der Waals surface area contributed by atoms with E-state index in [0.29, 0.717) is 23.4 Å². The van der Waals surface area contributed by atoms with Crippen LogP contribution in [0.25, 0.3) is 11.3 Å². The molecule has 1 N–H and O–H groups in total. The van der Waals surface area contributed by atoms with Crippen molar-refractivity contribution in [3.63, 3.8) is 0 Å². The average Bonchev–Trinajstić information content (AvgIpc) is 3.72. The summed E-state index contributed by atoms with van der Waals surface area (Å²) in [5, 5.41) is 8.89. The van der Waals surface area contributed by atoms with Gasteiger partial charge in [-0.15, -0.1) is 0 Å². The number of rotatable bonds is 6. The zero-order valence-electron chi connectivity index (χ0n) is 18.7. The maximum atomic E-state index is 14.2. The van der Waals surface area contributed by atoms with E-state index in [1.165, 1.54) is 25.3 Å². The molecule has 2 heterocycles. The number of carboxylic acids is 1. The SMILES string of the molecule is C1CC1.COc1ccc(F)c(-c2ccc(C3CCc4ccc(CCC(=O)O)cc4O3)cn2)c1. The van der Waals surface area contributed by atoms with E-state index in [1.807, 2.05) is 24.3 Å². The molecule has 5 rings (SSSR count). The second kappa shape index (κ2) is 10.5. The first kappa shape index (κ1) is 22.8. The summed E-state index contributed by atoms with van der Waals surface area (Å²) < 4.78 is 25.6. The van der Waals surface area contributed by atoms with Crippen molar-refractivity contribution in [1.82, 2.24) is 4.98 Å². The predicted molar refractivity (Wildman–Crippen MR) is 124 cm³/mol. The van der Waals surface area contributed by atoms with Gasteiger partial charge in [0.25, 0.3) is 0 Å². The highest BCUT2D eigenvalue weighted by Crippen LogP contribution is 2.36. The highest BCUT2D eigenvalue weighted by Gasteiger charge is 2.22. The number of aryl methyl sites for hydroxylation is 2. The number of hydrogen-bond donors (Lipinski definition) is 1. The van der Waals surface area contributed by atoms with Gasteiger partial charge in [-0.25, -0.2) is 4.39 Å². The van der Waals surface area contributed by atoms with Crippen molar-refractivity contribution in [3.05, 3.63) is 77.2 Å². The third-order valence-corrected chi connectivity index (χ3v) is 5.67. The third-order valence-electron chi connectivity index (χ3n) is 5.67. The Bertz CT molecular complexity index is 1110. The van der Waals surface area contributed by atoms with Crippen LogP contribution >= 0.6 is 0 Å². The summed E-state index contributed by atoms with van der Waals surface area (Å²) in [6, 6.07) is 14.2. The number of fused-ring (bicyclic) bond motifs is 1. The predicted octanol–water partition coefficient (Wildman–Crippen LogP) is 6.15. The molecule has 33 heavy (non-hydrogen) atoms. The summed E-state index contributed by atoms with van der Waals surface area (Å²) in [7, 11) is 1.54. The van der Waals surface area contributed by atoms with E-state index in [9.17, 15) is 9.18 Å². The topological polar surface area (TPSA) is 68.7 Å². The first-order valence-electron chi connectivity index (χ1n) is 11.3. The molecule has 1 atom stereocenters. The normalized spacial score (nSPS) is 16.0. The van der Waals surface area contributed by atoms with E-state index in [1.54, 1.807) is 31.5 Å². The Balaban J connectivity index is 0.000000799. The van der Waals surface area contributed by atoms with E-state index in [-0.39, 0.29) is 18.3 Å². The quantitative estimate of drug-likeness (QED) is 0.489. The van der Waals surface area contributed by atoms with Gasteiger partial charge in [0.15, 0.2) is 0 Å². The molecule has 0 bridgehead atoms. The lowest BCUT2D eigenvalue weighted by atomic mass is 9.96. The average molecular weight is 450 g/mol. The number of carboxylic acid groups (broad SMARTS) is 1. The van der Waals surface area contributed by atoms with Crippen LogP contribution < -0.4 is 9.47 Å². The van der Waals surface area contributed by atoms with E-state index in [0.717, 1.165) is 35.3 Å². The molecular weight excluding hydrogens is 421 g/mol. The molecule has 1 aromatic heterocycles. The molecule has 1 aliphatic heterocycles. The Morgan fingerprint density at radius 2 is 1.97 bits per heavy atom. The molecule has 1 saturated carbocycles. The maximum absolute atomic E-state index is 14.2. The van der Waals surface area contributed by atoms with Crippen molar-refractivity contribution in [2.45, 2.75) is 51.0 Å². The minimum Gasteiger partial charge on any atom is -0.497 e. The Morgan fingerprint density at radius 3 is 2.64 bits per heavy atom. The highest BCUT2D eigenvalue weighted by atomic mass is 19.1. The number of aliphatic carboxylic acids is 1. The molecule has 5 nitrogen and oxygen atoms in total. The number of benzene rings is 2. The summed E-state index contributed by atoms with van der Waals surface area (Å²) in [4.78, 5) is 15.3. The van der Waals surface area contributed by atoms with Gasteiger partial charge < -0.3 is 14.6 Å². The molecule has 2 aliphatic rings. The van der Waals surface area contributed by atoms with Crippen molar-refractivity contribution >= 4 is 5.97 Å². The molecule has 2 aromatic carbocycles. The molecule has 0 radical (unpaired) electrons. The van der Waals surface area contributed by atoms with Crippen molar-refractivity contribution in [2.24, 2.45) is 0 Å². The van der Waals surface area contributed by atoms with Crippen molar-refractivity contribution in [2.75, 3.05) is 7.11 Å². The van der Waals surface area contributed by atoms with Crippen molar-refractivity contribution in [3.8, 4) is 22.8 Å². The first-order chi connectivity index (χ1) is 16.0. The number of aromatic nitrogens is 1. The smallest absolute Gasteiger partial charge is 0.303 e. The standard InChI is InChI=1S/C24H22FNO4.C3H6/c1-29-18-7-8-20(25)19(13-18)21-9-5-17(14-26-21)22-10-6-16-4-2-15(3-11-24(27)28)12-23(16)30-22;1-2-3-1/h2,4-5,7-9,12-14,22H,3,6,10-11H2,1H3,(H,27,28);1-3H2. The lowest BCUT2D eigenvalue weighted by Crippen LogP contribution is -2.15. The summed E-state index contributed by atoms with van der Waals surface area (Å²) in [6.07, 6.45) is 8.32. The van der Waals surface area contributed by atoms with Crippen LogP contribution in [0.5, 0.6) is 11.5 Å². The fourth-order valence-electron chi connectivity index (χ4n) is 3.64. The minimum atomic E-state index is -0.815. The van der Waals surface area contributed by atoms with Crippen molar-refractivity contribution < 1.29 is 23.8 Å². The van der Waals surface area contributed by atoms with E-state index >= 15 is 0 Å². The number of ether oxygens (including phenoxy) is 2. The Labute approximate surface area is 193 Å². The fourth-order valence-corrected chi connectivity index (χ4v) is 3.64. The van der Waals surface area contributed by atoms with Crippen LogP contribution in [-0.4, -0.2) is 23.2 Å². The second-order valence-corrected chi connectivity index (χ2v) is 8.36. The van der Waals surface area contributed by atoms with Crippen LogP contribution in [0.4, 0.5) is 4.39 Å². The van der Waals surface area contributed by atoms with Crippen LogP contribution in [0.2, 0.25) is 0 Å². The van der Waals surface area contributed by atoms with Crippen LogP contribution in [-0.2, 0) is 17.6 Å². The summed E-state index contributed by atoms with van der Waals surface area (Å²) in [5.41, 5.74) is 3.90. The number of nitrogens with zero attached hydrogens (tertiary/aromatic N) is 1. The van der Waals surface area contributed by atoms with Gasteiger partial charge >= 0.3 is 5.97 Å². The second-order valence-electron chi connectivity index (χ2n) is 8.36. The summed E-state index contributed by atoms with van der Waals surface area (Å²) in [5.74, 6) is 0.193. The molecule has 1 unspecified atom stereocenters. The van der Waals surface area contributed by atoms with E-state index in [4.69, 9.17) is 14.6 Å².